The lowest BCUT2D eigenvalue weighted by Crippen LogP contribution is -2.23. The van der Waals surface area contributed by atoms with E-state index >= 15 is 0 Å². The van der Waals surface area contributed by atoms with Crippen LogP contribution in [0.2, 0.25) is 5.02 Å². The zero-order chi connectivity index (χ0) is 18.9. The molecule has 0 atom stereocenters. The topological polar surface area (TPSA) is 62.8 Å². The minimum Gasteiger partial charge on any atom is -0.490 e. The van der Waals surface area contributed by atoms with Crippen LogP contribution in [0.15, 0.2) is 42.6 Å². The van der Waals surface area contributed by atoms with Gasteiger partial charge in [0.1, 0.15) is 5.75 Å². The largest absolute Gasteiger partial charge is 0.490 e. The SMILES string of the molecule is Cl.Clc1cnc2c(c1)CNCc1[nH]nc(C3CCC(Oc4ccccc4)CC3)c1-2. The lowest BCUT2D eigenvalue weighted by atomic mass is 9.83. The molecule has 152 valence electrons. The van der Waals surface area contributed by atoms with Crippen LogP contribution in [0.1, 0.15) is 48.6 Å². The number of fused-ring (bicyclic) bond motifs is 3. The molecule has 0 radical (unpaired) electrons. The molecule has 29 heavy (non-hydrogen) atoms. The Labute approximate surface area is 181 Å². The molecule has 2 N–H and O–H groups in total. The molecule has 0 unspecified atom stereocenters. The van der Waals surface area contributed by atoms with Gasteiger partial charge in [-0.25, -0.2) is 0 Å². The summed E-state index contributed by atoms with van der Waals surface area (Å²) in [6.07, 6.45) is 6.25. The molecule has 0 amide bonds. The first kappa shape index (κ1) is 20.2. The third-order valence-electron chi connectivity index (χ3n) is 5.76. The van der Waals surface area contributed by atoms with E-state index in [1.807, 2.05) is 36.4 Å². The Morgan fingerprint density at radius 1 is 1.03 bits per heavy atom. The first-order valence-electron chi connectivity index (χ1n) is 9.92. The van der Waals surface area contributed by atoms with Crippen molar-refractivity contribution in [1.82, 2.24) is 20.5 Å². The predicted molar refractivity (Wildman–Crippen MR) is 117 cm³/mol. The molecule has 1 aliphatic heterocycles. The van der Waals surface area contributed by atoms with Gasteiger partial charge in [0.25, 0.3) is 0 Å². The zero-order valence-electron chi connectivity index (χ0n) is 16.0. The van der Waals surface area contributed by atoms with Gasteiger partial charge >= 0.3 is 0 Å². The van der Waals surface area contributed by atoms with E-state index in [9.17, 15) is 0 Å². The van der Waals surface area contributed by atoms with E-state index in [0.717, 1.165) is 67.2 Å². The summed E-state index contributed by atoms with van der Waals surface area (Å²) >= 11 is 6.17. The Kier molecular flexibility index (Phi) is 6.09. The first-order valence-corrected chi connectivity index (χ1v) is 10.3. The van der Waals surface area contributed by atoms with E-state index in [1.54, 1.807) is 6.20 Å². The maximum atomic E-state index is 6.17. The van der Waals surface area contributed by atoms with Gasteiger partial charge in [-0.2, -0.15) is 5.10 Å². The average molecular weight is 431 g/mol. The lowest BCUT2D eigenvalue weighted by Gasteiger charge is -2.28. The molecule has 0 spiro atoms. The molecule has 2 aliphatic rings. The van der Waals surface area contributed by atoms with Gasteiger partial charge in [0.15, 0.2) is 0 Å². The quantitative estimate of drug-likeness (QED) is 0.594. The van der Waals surface area contributed by atoms with Crippen molar-refractivity contribution in [3.8, 4) is 17.0 Å². The average Bonchev–Trinajstić information content (AvgIpc) is 3.05. The van der Waals surface area contributed by atoms with Crippen molar-refractivity contribution in [1.29, 1.82) is 0 Å². The molecule has 1 saturated carbocycles. The van der Waals surface area contributed by atoms with Gasteiger partial charge in [-0.1, -0.05) is 29.8 Å². The van der Waals surface area contributed by atoms with Crippen molar-refractivity contribution in [3.05, 3.63) is 64.6 Å². The zero-order valence-corrected chi connectivity index (χ0v) is 17.6. The van der Waals surface area contributed by atoms with Crippen LogP contribution in [0.3, 0.4) is 0 Å². The fourth-order valence-corrected chi connectivity index (χ4v) is 4.57. The maximum Gasteiger partial charge on any atom is 0.119 e. The van der Waals surface area contributed by atoms with Crippen LogP contribution < -0.4 is 10.1 Å². The van der Waals surface area contributed by atoms with Crippen LogP contribution in [-0.2, 0) is 13.1 Å². The molecule has 5 rings (SSSR count). The highest BCUT2D eigenvalue weighted by Crippen LogP contribution is 2.40. The van der Waals surface area contributed by atoms with Crippen LogP contribution in [0, 0.1) is 0 Å². The third kappa shape index (κ3) is 4.13. The summed E-state index contributed by atoms with van der Waals surface area (Å²) in [5.74, 6) is 1.39. The van der Waals surface area contributed by atoms with Crippen LogP contribution in [0.4, 0.5) is 0 Å². The number of aromatic nitrogens is 3. The minimum atomic E-state index is 0. The van der Waals surface area contributed by atoms with Crippen molar-refractivity contribution >= 4 is 24.0 Å². The molecular weight excluding hydrogens is 407 g/mol. The second-order valence-corrected chi connectivity index (χ2v) is 8.07. The van der Waals surface area contributed by atoms with Crippen molar-refractivity contribution < 1.29 is 4.74 Å². The summed E-state index contributed by atoms with van der Waals surface area (Å²) in [7, 11) is 0. The number of para-hydroxylation sites is 1. The monoisotopic (exact) mass is 430 g/mol. The highest BCUT2D eigenvalue weighted by molar-refractivity contribution is 6.30. The Morgan fingerprint density at radius 2 is 1.83 bits per heavy atom. The van der Waals surface area contributed by atoms with Gasteiger partial charge in [0.2, 0.25) is 0 Å². The summed E-state index contributed by atoms with van der Waals surface area (Å²) in [5.41, 5.74) is 5.58. The number of H-pyrrole nitrogens is 1. The normalized spacial score (nSPS) is 20.7. The third-order valence-corrected chi connectivity index (χ3v) is 5.97. The summed E-state index contributed by atoms with van der Waals surface area (Å²) in [6, 6.07) is 12.1. The van der Waals surface area contributed by atoms with Crippen LogP contribution >= 0.6 is 24.0 Å². The van der Waals surface area contributed by atoms with Crippen LogP contribution in [0.5, 0.6) is 5.75 Å². The van der Waals surface area contributed by atoms with Gasteiger partial charge in [0, 0.05) is 30.8 Å². The number of hydrogen-bond donors (Lipinski definition) is 2. The van der Waals surface area contributed by atoms with E-state index in [4.69, 9.17) is 21.4 Å². The molecule has 2 aromatic heterocycles. The number of rotatable bonds is 3. The standard InChI is InChI=1S/C22H23ClN4O.ClH/c23-16-10-15-11-24-13-19-20(21(15)25-12-16)22(27-26-19)14-6-8-18(9-7-14)28-17-4-2-1-3-5-17;/h1-5,10,12,14,18,24H,6-9,11,13H2,(H,26,27);1H. The van der Waals surface area contributed by atoms with Gasteiger partial charge in [0.05, 0.1) is 28.2 Å². The molecular formula is C22H24Cl2N4O. The first-order chi connectivity index (χ1) is 13.8. The maximum absolute atomic E-state index is 6.17. The molecule has 1 aliphatic carbocycles. The van der Waals surface area contributed by atoms with Crippen molar-refractivity contribution in [2.75, 3.05) is 0 Å². The van der Waals surface area contributed by atoms with Crippen LogP contribution in [0.25, 0.3) is 11.3 Å². The van der Waals surface area contributed by atoms with E-state index in [0.29, 0.717) is 10.9 Å². The van der Waals surface area contributed by atoms with E-state index in [-0.39, 0.29) is 18.5 Å². The van der Waals surface area contributed by atoms with Gasteiger partial charge < -0.3 is 10.1 Å². The second kappa shape index (κ2) is 8.74. The van der Waals surface area contributed by atoms with Gasteiger partial charge in [-0.3, -0.25) is 10.1 Å². The van der Waals surface area contributed by atoms with E-state index in [2.05, 4.69) is 15.4 Å². The van der Waals surface area contributed by atoms with Gasteiger partial charge in [-0.05, 0) is 49.4 Å². The van der Waals surface area contributed by atoms with E-state index < -0.39 is 0 Å². The lowest BCUT2D eigenvalue weighted by molar-refractivity contribution is 0.146. The molecule has 1 aromatic carbocycles. The fraction of sp³-hybridized carbons (Fsp3) is 0.364. The number of aromatic amines is 1. The number of halogens is 2. The Hall–Kier alpha value is -2.08. The summed E-state index contributed by atoms with van der Waals surface area (Å²) in [6.45, 7) is 1.53. The molecule has 5 nitrogen and oxygen atoms in total. The predicted octanol–water partition coefficient (Wildman–Crippen LogP) is 5.26. The Bertz CT molecular complexity index is 968. The van der Waals surface area contributed by atoms with Crippen molar-refractivity contribution in [3.63, 3.8) is 0 Å². The van der Waals surface area contributed by atoms with Crippen molar-refractivity contribution in [2.24, 2.45) is 0 Å². The molecule has 0 saturated heterocycles. The number of hydrogen-bond acceptors (Lipinski definition) is 4. The van der Waals surface area contributed by atoms with Crippen LogP contribution in [-0.4, -0.2) is 21.3 Å². The molecule has 0 bridgehead atoms. The summed E-state index contributed by atoms with van der Waals surface area (Å²) in [4.78, 5) is 4.66. The number of nitrogens with one attached hydrogen (secondary N) is 2. The number of nitrogens with zero attached hydrogens (tertiary/aromatic N) is 2. The highest BCUT2D eigenvalue weighted by Gasteiger charge is 2.30. The summed E-state index contributed by atoms with van der Waals surface area (Å²) in [5, 5.41) is 12.1. The van der Waals surface area contributed by atoms with Crippen molar-refractivity contribution in [2.45, 2.75) is 50.8 Å². The van der Waals surface area contributed by atoms with Gasteiger partial charge in [-0.15, -0.1) is 12.4 Å². The Morgan fingerprint density at radius 3 is 2.62 bits per heavy atom. The van der Waals surface area contributed by atoms with E-state index in [1.165, 1.54) is 5.56 Å². The smallest absolute Gasteiger partial charge is 0.119 e. The number of benzene rings is 1. The fourth-order valence-electron chi connectivity index (χ4n) is 4.39. The number of pyridine rings is 1. The molecule has 1 fully saturated rings. The highest BCUT2D eigenvalue weighted by atomic mass is 35.5. The Balaban J connectivity index is 0.00000205. The summed E-state index contributed by atoms with van der Waals surface area (Å²) < 4.78 is 6.16. The number of ether oxygens (including phenoxy) is 1. The second-order valence-electron chi connectivity index (χ2n) is 7.63. The molecule has 3 heterocycles. The molecule has 3 aromatic rings. The minimum absolute atomic E-state index is 0. The molecule has 7 heteroatoms.